The van der Waals surface area contributed by atoms with E-state index < -0.39 is 15.8 Å². The first-order valence-electron chi connectivity index (χ1n) is 7.86. The van der Waals surface area contributed by atoms with Crippen molar-refractivity contribution >= 4 is 33.1 Å². The van der Waals surface area contributed by atoms with Crippen LogP contribution in [0.15, 0.2) is 41.8 Å². The van der Waals surface area contributed by atoms with Gasteiger partial charge in [0.05, 0.1) is 12.4 Å². The summed E-state index contributed by atoms with van der Waals surface area (Å²) in [5.74, 6) is -0.934. The number of esters is 1. The fraction of sp³-hybridized carbons (Fsp3) is 0.250. The number of imidazole rings is 1. The number of ether oxygens (including phenoxy) is 2. The first kappa shape index (κ1) is 19.1. The minimum Gasteiger partial charge on any atom is -0.463 e. The molecule has 0 aliphatic rings. The van der Waals surface area contributed by atoms with Crippen LogP contribution >= 0.6 is 11.6 Å². The lowest BCUT2D eigenvalue weighted by molar-refractivity contribution is -0.145. The van der Waals surface area contributed by atoms with Crippen LogP contribution in [-0.4, -0.2) is 47.2 Å². The minimum absolute atomic E-state index is 0.0708. The van der Waals surface area contributed by atoms with Crippen LogP contribution in [0, 0.1) is 0 Å². The molecule has 0 fully saturated rings. The topological polar surface area (TPSA) is 113 Å². The standard InChI is InChI=1S/C16H15ClN4O5S/c1-2-25-13(22)9-26-15-14-18-7-8-21(14)16(20-19-15)27(23,24)10-11-3-5-12(17)6-4-11/h3-8H,2,9-10H2,1H3. The third kappa shape index (κ3) is 4.34. The molecule has 0 aliphatic carbocycles. The van der Waals surface area contributed by atoms with Gasteiger partial charge in [-0.15, -0.1) is 10.2 Å². The zero-order chi connectivity index (χ0) is 19.4. The van der Waals surface area contributed by atoms with Gasteiger partial charge in [0.2, 0.25) is 15.5 Å². The van der Waals surface area contributed by atoms with Crippen LogP contribution in [0.3, 0.4) is 0 Å². The number of aromatic nitrogens is 4. The normalized spacial score (nSPS) is 11.5. The van der Waals surface area contributed by atoms with Crippen LogP contribution in [0.2, 0.25) is 5.02 Å². The lowest BCUT2D eigenvalue weighted by Crippen LogP contribution is -2.18. The van der Waals surface area contributed by atoms with Crippen molar-refractivity contribution in [1.82, 2.24) is 19.6 Å². The molecule has 2 heterocycles. The van der Waals surface area contributed by atoms with Crippen molar-refractivity contribution in [3.05, 3.63) is 47.2 Å². The second kappa shape index (κ2) is 7.89. The molecule has 9 nitrogen and oxygen atoms in total. The Morgan fingerprint density at radius 2 is 1.96 bits per heavy atom. The molecule has 0 unspecified atom stereocenters. The molecule has 0 N–H and O–H groups in total. The highest BCUT2D eigenvalue weighted by atomic mass is 35.5. The number of rotatable bonds is 7. The number of carbonyl (C=O) groups is 1. The Hall–Kier alpha value is -2.72. The van der Waals surface area contributed by atoms with Crippen molar-refractivity contribution < 1.29 is 22.7 Å². The molecule has 0 saturated carbocycles. The van der Waals surface area contributed by atoms with E-state index in [0.29, 0.717) is 10.6 Å². The fourth-order valence-electron chi connectivity index (χ4n) is 2.30. The number of hydrogen-bond donors (Lipinski definition) is 0. The molecule has 0 spiro atoms. The Bertz CT molecular complexity index is 1070. The van der Waals surface area contributed by atoms with E-state index in [1.807, 2.05) is 0 Å². The van der Waals surface area contributed by atoms with Gasteiger partial charge >= 0.3 is 5.97 Å². The number of nitrogens with zero attached hydrogens (tertiary/aromatic N) is 4. The number of carbonyl (C=O) groups excluding carboxylic acids is 1. The molecular weight excluding hydrogens is 396 g/mol. The second-order valence-electron chi connectivity index (χ2n) is 5.39. The summed E-state index contributed by atoms with van der Waals surface area (Å²) < 4.78 is 36.8. The van der Waals surface area contributed by atoms with E-state index in [-0.39, 0.29) is 35.7 Å². The van der Waals surface area contributed by atoms with Gasteiger partial charge in [0.25, 0.3) is 11.0 Å². The van der Waals surface area contributed by atoms with Gasteiger partial charge in [0, 0.05) is 17.4 Å². The molecule has 0 radical (unpaired) electrons. The summed E-state index contributed by atoms with van der Waals surface area (Å²) in [6, 6.07) is 6.46. The van der Waals surface area contributed by atoms with E-state index in [9.17, 15) is 13.2 Å². The van der Waals surface area contributed by atoms with E-state index in [0.717, 1.165) is 0 Å². The zero-order valence-electron chi connectivity index (χ0n) is 14.2. The number of hydrogen-bond acceptors (Lipinski definition) is 8. The maximum absolute atomic E-state index is 12.8. The molecule has 1 aromatic carbocycles. The molecule has 0 aliphatic heterocycles. The summed E-state index contributed by atoms with van der Waals surface area (Å²) in [6.07, 6.45) is 2.81. The van der Waals surface area contributed by atoms with Crippen LogP contribution in [0.25, 0.3) is 5.65 Å². The molecule has 3 rings (SSSR count). The highest BCUT2D eigenvalue weighted by molar-refractivity contribution is 7.90. The number of benzene rings is 1. The smallest absolute Gasteiger partial charge is 0.344 e. The van der Waals surface area contributed by atoms with Crippen molar-refractivity contribution in [2.45, 2.75) is 17.8 Å². The maximum Gasteiger partial charge on any atom is 0.344 e. The van der Waals surface area contributed by atoms with Crippen molar-refractivity contribution in [3.8, 4) is 5.88 Å². The lowest BCUT2D eigenvalue weighted by atomic mass is 10.2. The van der Waals surface area contributed by atoms with Crippen LogP contribution in [0.1, 0.15) is 12.5 Å². The maximum atomic E-state index is 12.8. The molecule has 142 valence electrons. The average Bonchev–Trinajstić information content (AvgIpc) is 3.11. The lowest BCUT2D eigenvalue weighted by Gasteiger charge is -2.09. The molecule has 0 atom stereocenters. The highest BCUT2D eigenvalue weighted by Crippen LogP contribution is 2.21. The number of fused-ring (bicyclic) bond motifs is 1. The Labute approximate surface area is 159 Å². The predicted octanol–water partition coefficient (Wildman–Crippen LogP) is 1.69. The molecule has 2 aromatic heterocycles. The summed E-state index contributed by atoms with van der Waals surface area (Å²) in [7, 11) is -3.82. The second-order valence-corrected chi connectivity index (χ2v) is 7.71. The van der Waals surface area contributed by atoms with E-state index in [1.165, 1.54) is 16.8 Å². The zero-order valence-corrected chi connectivity index (χ0v) is 15.8. The van der Waals surface area contributed by atoms with Gasteiger partial charge in [-0.3, -0.25) is 4.40 Å². The largest absolute Gasteiger partial charge is 0.463 e. The Kier molecular flexibility index (Phi) is 5.57. The molecule has 11 heteroatoms. The fourth-order valence-corrected chi connectivity index (χ4v) is 3.80. The Balaban J connectivity index is 1.89. The molecule has 0 amide bonds. The predicted molar refractivity (Wildman–Crippen MR) is 95.3 cm³/mol. The quantitative estimate of drug-likeness (QED) is 0.541. The van der Waals surface area contributed by atoms with Gasteiger partial charge in [0.15, 0.2) is 6.61 Å². The van der Waals surface area contributed by atoms with Crippen LogP contribution in [0.4, 0.5) is 0 Å². The molecular formula is C16H15ClN4O5S. The van der Waals surface area contributed by atoms with Crippen LogP contribution < -0.4 is 4.74 Å². The number of halogens is 1. The molecule has 3 aromatic rings. The third-order valence-corrected chi connectivity index (χ3v) is 5.24. The van der Waals surface area contributed by atoms with Gasteiger partial charge in [-0.1, -0.05) is 23.7 Å². The average molecular weight is 411 g/mol. The van der Waals surface area contributed by atoms with Crippen LogP contribution in [-0.2, 0) is 25.1 Å². The SMILES string of the molecule is CCOC(=O)COc1nnc(S(=O)(=O)Cc2ccc(Cl)cc2)n2ccnc12. The van der Waals surface area contributed by atoms with Gasteiger partial charge in [-0.25, -0.2) is 18.2 Å². The van der Waals surface area contributed by atoms with Crippen LogP contribution in [0.5, 0.6) is 5.88 Å². The summed E-state index contributed by atoms with van der Waals surface area (Å²) in [5.41, 5.74) is 0.682. The first-order valence-corrected chi connectivity index (χ1v) is 9.89. The molecule has 0 saturated heterocycles. The summed E-state index contributed by atoms with van der Waals surface area (Å²) in [6.45, 7) is 1.50. The van der Waals surface area contributed by atoms with E-state index >= 15 is 0 Å². The van der Waals surface area contributed by atoms with Crippen molar-refractivity contribution in [3.63, 3.8) is 0 Å². The summed E-state index contributed by atoms with van der Waals surface area (Å²) in [4.78, 5) is 15.5. The minimum atomic E-state index is -3.82. The van der Waals surface area contributed by atoms with Gasteiger partial charge in [0.1, 0.15) is 0 Å². The molecule has 0 bridgehead atoms. The van der Waals surface area contributed by atoms with Crippen molar-refractivity contribution in [2.24, 2.45) is 0 Å². The first-order chi connectivity index (χ1) is 12.9. The third-order valence-electron chi connectivity index (χ3n) is 3.44. The van der Waals surface area contributed by atoms with Crippen molar-refractivity contribution in [1.29, 1.82) is 0 Å². The highest BCUT2D eigenvalue weighted by Gasteiger charge is 2.24. The van der Waals surface area contributed by atoms with E-state index in [2.05, 4.69) is 15.2 Å². The Morgan fingerprint density at radius 1 is 1.22 bits per heavy atom. The van der Waals surface area contributed by atoms with Gasteiger partial charge < -0.3 is 9.47 Å². The number of sulfone groups is 1. The van der Waals surface area contributed by atoms with E-state index in [1.54, 1.807) is 31.2 Å². The van der Waals surface area contributed by atoms with Gasteiger partial charge in [-0.2, -0.15) is 0 Å². The van der Waals surface area contributed by atoms with Crippen molar-refractivity contribution in [2.75, 3.05) is 13.2 Å². The molecule has 27 heavy (non-hydrogen) atoms. The Morgan fingerprint density at radius 3 is 2.67 bits per heavy atom. The van der Waals surface area contributed by atoms with Gasteiger partial charge in [-0.05, 0) is 24.6 Å². The monoisotopic (exact) mass is 410 g/mol. The summed E-state index contributed by atoms with van der Waals surface area (Å²) >= 11 is 5.82. The summed E-state index contributed by atoms with van der Waals surface area (Å²) in [5, 5.41) is 7.77. The van der Waals surface area contributed by atoms with E-state index in [4.69, 9.17) is 21.1 Å².